The number of ketones is 1. The predicted octanol–water partition coefficient (Wildman–Crippen LogP) is 5.51. The van der Waals surface area contributed by atoms with E-state index in [1.54, 1.807) is 79.7 Å². The van der Waals surface area contributed by atoms with Crippen LogP contribution in [0, 0.1) is 0 Å². The van der Waals surface area contributed by atoms with Crippen LogP contribution in [-0.4, -0.2) is 39.9 Å². The van der Waals surface area contributed by atoms with E-state index in [1.807, 2.05) is 0 Å². The maximum Gasteiger partial charge on any atom is 0.337 e. The summed E-state index contributed by atoms with van der Waals surface area (Å²) in [5.41, 5.74) is 1.35. The van der Waals surface area contributed by atoms with Crippen LogP contribution in [0.1, 0.15) is 44.3 Å². The van der Waals surface area contributed by atoms with E-state index in [4.69, 9.17) is 9.47 Å². The molecule has 1 atom stereocenters. The molecule has 1 aliphatic rings. The number of benzene rings is 4. The van der Waals surface area contributed by atoms with E-state index in [-0.39, 0.29) is 39.3 Å². The van der Waals surface area contributed by atoms with Gasteiger partial charge in [0.2, 0.25) is 14.6 Å². The number of hydrogen-bond donors (Lipinski definition) is 0. The summed E-state index contributed by atoms with van der Waals surface area (Å²) in [5, 5.41) is 0. The van der Waals surface area contributed by atoms with Crippen molar-refractivity contribution in [2.45, 2.75) is 16.6 Å². The second-order valence-electron chi connectivity index (χ2n) is 9.28. The number of ether oxygens (including phenoxy) is 2. The Morgan fingerprint density at radius 3 is 1.90 bits per heavy atom. The zero-order valence-electron chi connectivity index (χ0n) is 22.4. The van der Waals surface area contributed by atoms with Crippen LogP contribution in [0.2, 0.25) is 0 Å². The molecular formula is C33H26O7S. The highest BCUT2D eigenvalue weighted by atomic mass is 32.2. The van der Waals surface area contributed by atoms with Gasteiger partial charge in [0.15, 0.2) is 5.78 Å². The van der Waals surface area contributed by atoms with Crippen LogP contribution in [0.25, 0.3) is 11.1 Å². The van der Waals surface area contributed by atoms with Crippen LogP contribution in [0.4, 0.5) is 0 Å². The van der Waals surface area contributed by atoms with Gasteiger partial charge in [-0.15, -0.1) is 0 Å². The first-order valence-corrected chi connectivity index (χ1v) is 14.4. The average Bonchev–Trinajstić information content (AvgIpc) is 3.34. The van der Waals surface area contributed by atoms with E-state index in [0.29, 0.717) is 11.1 Å². The number of esters is 2. The number of sulfone groups is 1. The van der Waals surface area contributed by atoms with E-state index in [0.717, 1.165) is 0 Å². The minimum Gasteiger partial charge on any atom is -0.465 e. The van der Waals surface area contributed by atoms with E-state index in [1.165, 1.54) is 43.5 Å². The van der Waals surface area contributed by atoms with Gasteiger partial charge in [-0.3, -0.25) is 4.79 Å². The zero-order chi connectivity index (χ0) is 29.2. The fourth-order valence-corrected chi connectivity index (χ4v) is 7.38. The van der Waals surface area contributed by atoms with Gasteiger partial charge in [-0.25, -0.2) is 18.0 Å². The van der Waals surface area contributed by atoms with Gasteiger partial charge in [-0.05, 0) is 47.9 Å². The molecule has 0 bridgehead atoms. The molecule has 0 radical (unpaired) electrons. The quantitative estimate of drug-likeness (QED) is 0.205. The Kier molecular flexibility index (Phi) is 7.43. The third-order valence-electron chi connectivity index (χ3n) is 7.05. The van der Waals surface area contributed by atoms with Crippen molar-refractivity contribution in [1.82, 2.24) is 0 Å². The molecule has 1 aliphatic carbocycles. The van der Waals surface area contributed by atoms with Gasteiger partial charge in [0, 0.05) is 16.7 Å². The molecule has 0 N–H and O–H groups in total. The van der Waals surface area contributed by atoms with Crippen molar-refractivity contribution in [2.24, 2.45) is 0 Å². The molecule has 0 aromatic heterocycles. The van der Waals surface area contributed by atoms with Crippen molar-refractivity contribution in [1.29, 1.82) is 0 Å². The molecule has 0 aliphatic heterocycles. The Labute approximate surface area is 238 Å². The van der Waals surface area contributed by atoms with Crippen LogP contribution < -0.4 is 0 Å². The molecule has 41 heavy (non-hydrogen) atoms. The average molecular weight is 567 g/mol. The number of allylic oxidation sites excluding steroid dienone is 1. The molecule has 4 aromatic rings. The predicted molar refractivity (Wildman–Crippen MR) is 154 cm³/mol. The number of Topliss-reactive ketones (excluding diaryl/α,β-unsaturated/α-hetero) is 1. The van der Waals surface area contributed by atoms with E-state index in [2.05, 4.69) is 0 Å². The fraction of sp³-hybridized carbons (Fsp3) is 0.121. The van der Waals surface area contributed by atoms with E-state index < -0.39 is 32.3 Å². The molecular weight excluding hydrogens is 540 g/mol. The normalized spacial score (nSPS) is 16.1. The fourth-order valence-electron chi connectivity index (χ4n) is 5.27. The summed E-state index contributed by atoms with van der Waals surface area (Å²) in [4.78, 5) is 40.4. The van der Waals surface area contributed by atoms with Crippen LogP contribution in [0.3, 0.4) is 0 Å². The standard InChI is InChI=1S/C33H26O7S/c1-3-40-32(36)33(41(37,38)25-14-8-5-9-15-25)27-17-11-10-16-26(27)28(29(33)22-12-6-4-7-13-22)30(34)23-18-20-24(21-19-23)31(35)39-2/h4-21H,3H2,1-2H3. The summed E-state index contributed by atoms with van der Waals surface area (Å²) < 4.78 is 37.5. The van der Waals surface area contributed by atoms with Crippen LogP contribution in [-0.2, 0) is 28.9 Å². The third-order valence-corrected chi connectivity index (χ3v) is 9.34. The molecule has 8 heteroatoms. The lowest BCUT2D eigenvalue weighted by atomic mass is 9.88. The van der Waals surface area contributed by atoms with Crippen molar-refractivity contribution in [3.05, 3.63) is 137 Å². The minimum absolute atomic E-state index is 0.0173. The summed E-state index contributed by atoms with van der Waals surface area (Å²) in [6.45, 7) is 1.52. The van der Waals surface area contributed by atoms with Crippen LogP contribution in [0.15, 0.2) is 114 Å². The molecule has 0 fully saturated rings. The number of hydrogen-bond acceptors (Lipinski definition) is 7. The van der Waals surface area contributed by atoms with Crippen LogP contribution in [0.5, 0.6) is 0 Å². The summed E-state index contributed by atoms with van der Waals surface area (Å²) in [6, 6.07) is 28.6. The first-order chi connectivity index (χ1) is 19.8. The molecule has 5 rings (SSSR count). The maximum atomic E-state index is 14.8. The molecule has 0 amide bonds. The van der Waals surface area contributed by atoms with Crippen molar-refractivity contribution >= 4 is 38.7 Å². The molecule has 4 aromatic carbocycles. The minimum atomic E-state index is -4.55. The monoisotopic (exact) mass is 566 g/mol. The highest BCUT2D eigenvalue weighted by molar-refractivity contribution is 7.93. The summed E-state index contributed by atoms with van der Waals surface area (Å²) >= 11 is 0. The smallest absolute Gasteiger partial charge is 0.337 e. The molecule has 1 unspecified atom stereocenters. The first-order valence-electron chi connectivity index (χ1n) is 12.9. The van der Waals surface area contributed by atoms with Crippen molar-refractivity contribution < 1.29 is 32.3 Å². The van der Waals surface area contributed by atoms with Gasteiger partial charge >= 0.3 is 11.9 Å². The Hall–Kier alpha value is -4.82. The Bertz CT molecular complexity index is 1770. The summed E-state index contributed by atoms with van der Waals surface area (Å²) in [7, 11) is -3.29. The lowest BCUT2D eigenvalue weighted by molar-refractivity contribution is -0.144. The van der Waals surface area contributed by atoms with Gasteiger partial charge in [0.25, 0.3) is 0 Å². The molecule has 7 nitrogen and oxygen atoms in total. The lowest BCUT2D eigenvalue weighted by Gasteiger charge is -2.31. The first kappa shape index (κ1) is 27.7. The highest BCUT2D eigenvalue weighted by Crippen LogP contribution is 2.57. The number of methoxy groups -OCH3 is 1. The van der Waals surface area contributed by atoms with Crippen molar-refractivity contribution in [2.75, 3.05) is 13.7 Å². The Balaban J connectivity index is 1.90. The van der Waals surface area contributed by atoms with Crippen LogP contribution >= 0.6 is 0 Å². The zero-order valence-corrected chi connectivity index (χ0v) is 23.2. The van der Waals surface area contributed by atoms with E-state index in [9.17, 15) is 22.8 Å². The van der Waals surface area contributed by atoms with Crippen molar-refractivity contribution in [3.63, 3.8) is 0 Å². The Morgan fingerprint density at radius 2 is 1.29 bits per heavy atom. The second kappa shape index (κ2) is 11.0. The van der Waals surface area contributed by atoms with Gasteiger partial charge < -0.3 is 9.47 Å². The van der Waals surface area contributed by atoms with Gasteiger partial charge in [-0.2, -0.15) is 0 Å². The molecule has 0 saturated carbocycles. The number of rotatable bonds is 8. The topological polar surface area (TPSA) is 104 Å². The number of fused-ring (bicyclic) bond motifs is 1. The molecule has 0 spiro atoms. The lowest BCUT2D eigenvalue weighted by Crippen LogP contribution is -2.45. The summed E-state index contributed by atoms with van der Waals surface area (Å²) in [6.07, 6.45) is 0. The van der Waals surface area contributed by atoms with E-state index >= 15 is 0 Å². The SMILES string of the molecule is CCOC(=O)C1(S(=O)(=O)c2ccccc2)C(c2ccccc2)=C(C(=O)c2ccc(C(=O)OC)cc2)c2ccccc21. The second-order valence-corrected chi connectivity index (χ2v) is 11.4. The van der Waals surface area contributed by atoms with Gasteiger partial charge in [0.05, 0.1) is 24.2 Å². The number of carbonyl (C=O) groups is 3. The Morgan fingerprint density at radius 1 is 0.732 bits per heavy atom. The highest BCUT2D eigenvalue weighted by Gasteiger charge is 2.63. The molecule has 0 saturated heterocycles. The van der Waals surface area contributed by atoms with Gasteiger partial charge in [-0.1, -0.05) is 84.9 Å². The maximum absolute atomic E-state index is 14.8. The number of carbonyl (C=O) groups excluding carboxylic acids is 3. The molecule has 0 heterocycles. The van der Waals surface area contributed by atoms with Crippen molar-refractivity contribution in [3.8, 4) is 0 Å². The third kappa shape index (κ3) is 4.37. The molecule has 206 valence electrons. The largest absolute Gasteiger partial charge is 0.465 e. The van der Waals surface area contributed by atoms with Gasteiger partial charge in [0.1, 0.15) is 0 Å². The summed E-state index contributed by atoms with van der Waals surface area (Å²) in [5.74, 6) is -2.07.